The molecule has 68 heavy (non-hydrogen) atoms. The largest absolute Gasteiger partial charge is 0.462 e. The van der Waals surface area contributed by atoms with E-state index in [1.165, 1.54) is 180 Å². The Kier molecular flexibility index (Phi) is 56.4. The zero-order chi connectivity index (χ0) is 49.2. The first kappa shape index (κ1) is 65.3. The molecule has 0 bridgehead atoms. The molecule has 0 spiro atoms. The second kappa shape index (κ2) is 58.7. The van der Waals surface area contributed by atoms with E-state index in [-0.39, 0.29) is 25.2 Å². The topological polar surface area (TPSA) is 61.8 Å². The van der Waals surface area contributed by atoms with Crippen LogP contribution in [0.3, 0.4) is 0 Å². The third-order valence-corrected chi connectivity index (χ3v) is 12.7. The van der Waals surface area contributed by atoms with Gasteiger partial charge in [-0.15, -0.1) is 0 Å². The minimum absolute atomic E-state index is 0.0759. The number of hydrogen-bond donors (Lipinski definition) is 0. The van der Waals surface area contributed by atoms with E-state index in [0.717, 1.165) is 77.0 Å². The van der Waals surface area contributed by atoms with Crippen molar-refractivity contribution in [3.8, 4) is 0 Å². The van der Waals surface area contributed by atoms with Crippen LogP contribution < -0.4 is 0 Å². The van der Waals surface area contributed by atoms with Crippen molar-refractivity contribution in [3.05, 3.63) is 72.9 Å². The smallest absolute Gasteiger partial charge is 0.306 e. The Labute approximate surface area is 423 Å². The number of allylic oxidation sites excluding steroid dienone is 12. The maximum atomic E-state index is 12.9. The highest BCUT2D eigenvalue weighted by Crippen LogP contribution is 2.15. The van der Waals surface area contributed by atoms with Crippen LogP contribution in [0.15, 0.2) is 72.9 Å². The van der Waals surface area contributed by atoms with Gasteiger partial charge in [0.1, 0.15) is 6.61 Å². The van der Waals surface area contributed by atoms with Crippen LogP contribution in [0.1, 0.15) is 290 Å². The number of ether oxygens (including phenoxy) is 3. The average molecular weight is 950 g/mol. The van der Waals surface area contributed by atoms with Gasteiger partial charge in [0.15, 0.2) is 6.10 Å². The van der Waals surface area contributed by atoms with Crippen molar-refractivity contribution < 1.29 is 23.8 Å². The summed E-state index contributed by atoms with van der Waals surface area (Å²) in [6, 6.07) is 0. The predicted molar refractivity (Wildman–Crippen MR) is 297 cm³/mol. The number of esters is 2. The van der Waals surface area contributed by atoms with Crippen molar-refractivity contribution in [2.24, 2.45) is 0 Å². The maximum Gasteiger partial charge on any atom is 0.306 e. The summed E-state index contributed by atoms with van der Waals surface area (Å²) >= 11 is 0. The monoisotopic (exact) mass is 949 g/mol. The molecule has 0 aliphatic carbocycles. The third kappa shape index (κ3) is 55.9. The van der Waals surface area contributed by atoms with Crippen LogP contribution >= 0.6 is 0 Å². The van der Waals surface area contributed by atoms with E-state index in [4.69, 9.17) is 14.2 Å². The van der Waals surface area contributed by atoms with E-state index < -0.39 is 6.10 Å². The zero-order valence-electron chi connectivity index (χ0n) is 45.4. The molecule has 0 aromatic carbocycles. The fourth-order valence-corrected chi connectivity index (χ4v) is 8.32. The van der Waals surface area contributed by atoms with Crippen LogP contribution in [0.2, 0.25) is 0 Å². The van der Waals surface area contributed by atoms with E-state index in [1.807, 2.05) is 0 Å². The summed E-state index contributed by atoms with van der Waals surface area (Å²) in [4.78, 5) is 25.6. The van der Waals surface area contributed by atoms with Gasteiger partial charge in [-0.2, -0.15) is 0 Å². The Hall–Kier alpha value is -2.66. The lowest BCUT2D eigenvalue weighted by molar-refractivity contribution is -0.163. The van der Waals surface area contributed by atoms with Crippen molar-refractivity contribution >= 4 is 11.9 Å². The minimum Gasteiger partial charge on any atom is -0.462 e. The van der Waals surface area contributed by atoms with Crippen molar-refractivity contribution in [2.45, 2.75) is 297 Å². The fraction of sp³-hybridized carbons (Fsp3) is 0.778. The lowest BCUT2D eigenvalue weighted by Gasteiger charge is -2.18. The standard InChI is InChI=1S/C63H112O5/c1-4-7-10-13-16-19-22-25-28-31-32-34-35-38-41-44-47-50-53-56-62(64)67-60-61(59-66-58-55-52-49-46-43-40-37-30-27-24-21-18-15-12-9-6-3)68-63(65)57-54-51-48-45-42-39-36-33-29-26-23-20-17-14-11-8-5-2/h8,11,16-17,19-20,25-30,61H,4-7,9-10,12-15,18,21-24,31-60H2,1-3H3/b11-8-,19-16-,20-17-,28-25-,29-26-,30-27-. The molecule has 0 aliphatic heterocycles. The van der Waals surface area contributed by atoms with Crippen LogP contribution in [0, 0.1) is 0 Å². The molecule has 0 aromatic heterocycles. The predicted octanol–water partition coefficient (Wildman–Crippen LogP) is 20.2. The van der Waals surface area contributed by atoms with Crippen LogP contribution in [0.4, 0.5) is 0 Å². The second-order valence-corrected chi connectivity index (χ2v) is 19.5. The summed E-state index contributed by atoms with van der Waals surface area (Å²) in [6.07, 6.45) is 76.3. The van der Waals surface area contributed by atoms with Crippen LogP contribution in [0.25, 0.3) is 0 Å². The molecule has 0 rings (SSSR count). The van der Waals surface area contributed by atoms with Crippen molar-refractivity contribution in [1.29, 1.82) is 0 Å². The second-order valence-electron chi connectivity index (χ2n) is 19.5. The summed E-state index contributed by atoms with van der Waals surface area (Å²) in [5.74, 6) is -0.408. The molecule has 0 saturated heterocycles. The fourth-order valence-electron chi connectivity index (χ4n) is 8.32. The molecule has 0 aliphatic rings. The van der Waals surface area contributed by atoms with Crippen LogP contribution in [0.5, 0.6) is 0 Å². The summed E-state index contributed by atoms with van der Waals surface area (Å²) in [5, 5.41) is 0. The highest BCUT2D eigenvalue weighted by Gasteiger charge is 2.17. The number of rotatable bonds is 54. The minimum atomic E-state index is -0.549. The van der Waals surface area contributed by atoms with E-state index in [9.17, 15) is 9.59 Å². The van der Waals surface area contributed by atoms with Gasteiger partial charge in [-0.1, -0.05) is 241 Å². The average Bonchev–Trinajstić information content (AvgIpc) is 3.34. The SMILES string of the molecule is CC/C=C\C/C=C\C/C=C\CCCCCCCCCC(=O)OC(COCCCCCCCC/C=C\CCCCCCCC)COC(=O)CCCCCCCCCCC/C=C\C/C=C\CCCCC. The molecule has 0 radical (unpaired) electrons. The summed E-state index contributed by atoms with van der Waals surface area (Å²) in [5.41, 5.74) is 0. The molecule has 0 aromatic rings. The molecule has 394 valence electrons. The van der Waals surface area contributed by atoms with Crippen molar-refractivity contribution in [3.63, 3.8) is 0 Å². The Bertz CT molecular complexity index is 1210. The molecule has 0 fully saturated rings. The molecule has 1 atom stereocenters. The lowest BCUT2D eigenvalue weighted by atomic mass is 10.1. The van der Waals surface area contributed by atoms with E-state index >= 15 is 0 Å². The molecule has 0 amide bonds. The van der Waals surface area contributed by atoms with Crippen molar-refractivity contribution in [2.75, 3.05) is 19.8 Å². The first-order valence-corrected chi connectivity index (χ1v) is 29.5. The number of carbonyl (C=O) groups is 2. The van der Waals surface area contributed by atoms with Gasteiger partial charge in [0.05, 0.1) is 6.61 Å². The first-order valence-electron chi connectivity index (χ1n) is 29.5. The van der Waals surface area contributed by atoms with Gasteiger partial charge in [-0.3, -0.25) is 9.59 Å². The zero-order valence-corrected chi connectivity index (χ0v) is 45.4. The summed E-state index contributed by atoms with van der Waals surface area (Å²) in [7, 11) is 0. The highest BCUT2D eigenvalue weighted by atomic mass is 16.6. The van der Waals surface area contributed by atoms with Gasteiger partial charge in [-0.05, 0) is 109 Å². The number of unbranched alkanes of at least 4 members (excludes halogenated alkanes) is 31. The summed E-state index contributed by atoms with van der Waals surface area (Å²) in [6.45, 7) is 7.70. The molecule has 0 N–H and O–H groups in total. The molecule has 5 nitrogen and oxygen atoms in total. The molecule has 1 unspecified atom stereocenters. The molecule has 0 saturated carbocycles. The highest BCUT2D eigenvalue weighted by molar-refractivity contribution is 5.70. The van der Waals surface area contributed by atoms with Crippen LogP contribution in [-0.4, -0.2) is 37.9 Å². The number of hydrogen-bond acceptors (Lipinski definition) is 5. The van der Waals surface area contributed by atoms with Gasteiger partial charge < -0.3 is 14.2 Å². The first-order chi connectivity index (χ1) is 33.6. The van der Waals surface area contributed by atoms with E-state index in [0.29, 0.717) is 19.4 Å². The van der Waals surface area contributed by atoms with Gasteiger partial charge in [0.2, 0.25) is 0 Å². The Morgan fingerprint density at radius 3 is 1.10 bits per heavy atom. The normalized spacial score (nSPS) is 12.7. The van der Waals surface area contributed by atoms with E-state index in [2.05, 4.69) is 93.7 Å². The van der Waals surface area contributed by atoms with Crippen LogP contribution in [-0.2, 0) is 23.8 Å². The molecular weight excluding hydrogens is 837 g/mol. The Morgan fingerprint density at radius 2 is 0.662 bits per heavy atom. The van der Waals surface area contributed by atoms with Gasteiger partial charge in [0, 0.05) is 19.4 Å². The quantitative estimate of drug-likeness (QED) is 0.0345. The third-order valence-electron chi connectivity index (χ3n) is 12.7. The lowest BCUT2D eigenvalue weighted by Crippen LogP contribution is -2.30. The molecule has 0 heterocycles. The van der Waals surface area contributed by atoms with Gasteiger partial charge in [-0.25, -0.2) is 0 Å². The van der Waals surface area contributed by atoms with Gasteiger partial charge in [0.25, 0.3) is 0 Å². The molecular formula is C63H112O5. The maximum absolute atomic E-state index is 12.9. The molecule has 5 heteroatoms. The van der Waals surface area contributed by atoms with Gasteiger partial charge >= 0.3 is 11.9 Å². The Morgan fingerprint density at radius 1 is 0.338 bits per heavy atom. The Balaban J connectivity index is 4.29. The van der Waals surface area contributed by atoms with Crippen molar-refractivity contribution in [1.82, 2.24) is 0 Å². The number of carbonyl (C=O) groups excluding carboxylic acids is 2. The van der Waals surface area contributed by atoms with E-state index in [1.54, 1.807) is 0 Å². The summed E-state index contributed by atoms with van der Waals surface area (Å²) < 4.78 is 17.5.